The summed E-state index contributed by atoms with van der Waals surface area (Å²) in [4.78, 5) is 17.5. The molecule has 0 bridgehead atoms. The van der Waals surface area contributed by atoms with Crippen molar-refractivity contribution < 1.29 is 22.4 Å². The average molecular weight is 484 g/mol. The van der Waals surface area contributed by atoms with Crippen LogP contribution in [0.3, 0.4) is 0 Å². The third kappa shape index (κ3) is 4.25. The van der Waals surface area contributed by atoms with Crippen molar-refractivity contribution in [2.24, 2.45) is 0 Å². The quantitative estimate of drug-likeness (QED) is 0.302. The Morgan fingerprint density at radius 3 is 2.26 bits per heavy atom. The van der Waals surface area contributed by atoms with Gasteiger partial charge in [0, 0.05) is 33.2 Å². The fourth-order valence-electron chi connectivity index (χ4n) is 3.51. The standard InChI is InChI=1S/C24H13ClF3N3O3/c25-15-7-9-16(10-8-15)31-13-20(18-3-1-2-4-19(18)23(31)32)22-29-21(30-34-22)14-5-11-17(12-6-14)33-24(26,27)28/h1-13H. The molecule has 0 unspecified atom stereocenters. The molecule has 0 aliphatic heterocycles. The third-order valence-corrected chi connectivity index (χ3v) is 5.28. The van der Waals surface area contributed by atoms with E-state index in [1.165, 1.54) is 16.7 Å². The Bertz CT molecular complexity index is 1540. The summed E-state index contributed by atoms with van der Waals surface area (Å²) < 4.78 is 48.0. The maximum absolute atomic E-state index is 13.1. The molecular formula is C24H13ClF3N3O3. The summed E-state index contributed by atoms with van der Waals surface area (Å²) in [6.07, 6.45) is -3.18. The van der Waals surface area contributed by atoms with Gasteiger partial charge in [-0.3, -0.25) is 9.36 Å². The molecule has 5 aromatic rings. The van der Waals surface area contributed by atoms with E-state index in [9.17, 15) is 18.0 Å². The van der Waals surface area contributed by atoms with Crippen molar-refractivity contribution in [1.29, 1.82) is 0 Å². The molecule has 0 saturated heterocycles. The topological polar surface area (TPSA) is 70.2 Å². The van der Waals surface area contributed by atoms with Crippen LogP contribution in [0.5, 0.6) is 5.75 Å². The number of rotatable bonds is 4. The molecule has 170 valence electrons. The van der Waals surface area contributed by atoms with Crippen molar-refractivity contribution in [3.8, 4) is 34.3 Å². The molecule has 0 aliphatic rings. The van der Waals surface area contributed by atoms with E-state index in [4.69, 9.17) is 16.1 Å². The Kier molecular flexibility index (Phi) is 5.33. The summed E-state index contributed by atoms with van der Waals surface area (Å²) in [7, 11) is 0. The monoisotopic (exact) mass is 483 g/mol. The van der Waals surface area contributed by atoms with Crippen LogP contribution in [0.1, 0.15) is 0 Å². The van der Waals surface area contributed by atoms with Gasteiger partial charge in [-0.05, 0) is 54.6 Å². The fourth-order valence-corrected chi connectivity index (χ4v) is 3.64. The SMILES string of the molecule is O=c1c2ccccc2c(-c2nc(-c3ccc(OC(F)(F)F)cc3)no2)cn1-c1ccc(Cl)cc1. The van der Waals surface area contributed by atoms with Crippen LogP contribution in [-0.2, 0) is 0 Å². The van der Waals surface area contributed by atoms with Crippen LogP contribution in [0.2, 0.25) is 5.02 Å². The van der Waals surface area contributed by atoms with Gasteiger partial charge >= 0.3 is 6.36 Å². The molecule has 0 N–H and O–H groups in total. The van der Waals surface area contributed by atoms with Gasteiger partial charge in [-0.15, -0.1) is 13.2 Å². The fraction of sp³-hybridized carbons (Fsp3) is 0.0417. The minimum Gasteiger partial charge on any atom is -0.406 e. The van der Waals surface area contributed by atoms with Crippen LogP contribution in [0, 0.1) is 0 Å². The van der Waals surface area contributed by atoms with Crippen LogP contribution >= 0.6 is 11.6 Å². The smallest absolute Gasteiger partial charge is 0.406 e. The minimum atomic E-state index is -4.78. The highest BCUT2D eigenvalue weighted by atomic mass is 35.5. The molecule has 0 atom stereocenters. The number of nitrogens with zero attached hydrogens (tertiary/aromatic N) is 3. The van der Waals surface area contributed by atoms with Crippen LogP contribution in [0.15, 0.2) is 88.3 Å². The first-order valence-electron chi connectivity index (χ1n) is 9.89. The average Bonchev–Trinajstić information content (AvgIpc) is 3.30. The molecular weight excluding hydrogens is 471 g/mol. The molecule has 2 aromatic heterocycles. The highest BCUT2D eigenvalue weighted by Crippen LogP contribution is 2.30. The first kappa shape index (κ1) is 21.7. The van der Waals surface area contributed by atoms with Gasteiger partial charge in [-0.2, -0.15) is 4.98 Å². The number of benzene rings is 3. The maximum atomic E-state index is 13.1. The summed E-state index contributed by atoms with van der Waals surface area (Å²) in [5.41, 5.74) is 1.31. The lowest BCUT2D eigenvalue weighted by Crippen LogP contribution is -2.18. The number of hydrogen-bond acceptors (Lipinski definition) is 5. The maximum Gasteiger partial charge on any atom is 0.573 e. The molecule has 0 aliphatic carbocycles. The van der Waals surface area contributed by atoms with Gasteiger partial charge in [0.2, 0.25) is 5.82 Å². The second-order valence-electron chi connectivity index (χ2n) is 7.24. The second kappa shape index (κ2) is 8.35. The number of fused-ring (bicyclic) bond motifs is 1. The van der Waals surface area contributed by atoms with Gasteiger partial charge in [-0.25, -0.2) is 0 Å². The minimum absolute atomic E-state index is 0.143. The van der Waals surface area contributed by atoms with E-state index in [1.54, 1.807) is 54.7 Å². The van der Waals surface area contributed by atoms with Gasteiger partial charge < -0.3 is 9.26 Å². The number of hydrogen-bond donors (Lipinski definition) is 0. The van der Waals surface area contributed by atoms with Crippen LogP contribution in [0.4, 0.5) is 13.2 Å². The zero-order valence-electron chi connectivity index (χ0n) is 17.1. The van der Waals surface area contributed by atoms with E-state index in [0.29, 0.717) is 32.6 Å². The van der Waals surface area contributed by atoms with E-state index >= 15 is 0 Å². The van der Waals surface area contributed by atoms with Gasteiger partial charge in [0.15, 0.2) is 0 Å². The summed E-state index contributed by atoms with van der Waals surface area (Å²) in [6, 6.07) is 18.9. The lowest BCUT2D eigenvalue weighted by molar-refractivity contribution is -0.274. The molecule has 10 heteroatoms. The Morgan fingerprint density at radius 1 is 0.912 bits per heavy atom. The van der Waals surface area contributed by atoms with Crippen molar-refractivity contribution >= 4 is 22.4 Å². The largest absolute Gasteiger partial charge is 0.573 e. The lowest BCUT2D eigenvalue weighted by Gasteiger charge is -2.10. The highest BCUT2D eigenvalue weighted by Gasteiger charge is 2.31. The van der Waals surface area contributed by atoms with Crippen molar-refractivity contribution in [2.75, 3.05) is 0 Å². The van der Waals surface area contributed by atoms with Crippen LogP contribution in [0.25, 0.3) is 39.3 Å². The van der Waals surface area contributed by atoms with Crippen molar-refractivity contribution in [3.05, 3.63) is 94.4 Å². The number of alkyl halides is 3. The second-order valence-corrected chi connectivity index (χ2v) is 7.67. The van der Waals surface area contributed by atoms with Crippen LogP contribution in [-0.4, -0.2) is 21.1 Å². The lowest BCUT2D eigenvalue weighted by atomic mass is 10.1. The summed E-state index contributed by atoms with van der Waals surface area (Å²) in [5, 5.41) is 5.55. The Morgan fingerprint density at radius 2 is 1.59 bits per heavy atom. The van der Waals surface area contributed by atoms with Gasteiger partial charge in [0.1, 0.15) is 5.75 Å². The molecule has 0 radical (unpaired) electrons. The summed E-state index contributed by atoms with van der Waals surface area (Å²) in [5.74, 6) is -0.0487. The molecule has 3 aromatic carbocycles. The summed E-state index contributed by atoms with van der Waals surface area (Å²) >= 11 is 5.98. The normalized spacial score (nSPS) is 11.6. The van der Waals surface area contributed by atoms with Crippen molar-refractivity contribution in [3.63, 3.8) is 0 Å². The van der Waals surface area contributed by atoms with E-state index in [1.807, 2.05) is 0 Å². The van der Waals surface area contributed by atoms with E-state index in [-0.39, 0.29) is 23.0 Å². The van der Waals surface area contributed by atoms with E-state index < -0.39 is 6.36 Å². The molecule has 0 saturated carbocycles. The first-order valence-corrected chi connectivity index (χ1v) is 10.3. The molecule has 0 fully saturated rings. The molecule has 5 rings (SSSR count). The predicted octanol–water partition coefficient (Wildman–Crippen LogP) is 6.26. The molecule has 34 heavy (non-hydrogen) atoms. The molecule has 2 heterocycles. The van der Waals surface area contributed by atoms with Gasteiger partial charge in [0.05, 0.1) is 5.56 Å². The van der Waals surface area contributed by atoms with Gasteiger partial charge in [-0.1, -0.05) is 35.0 Å². The molecule has 0 spiro atoms. The number of halogens is 4. The number of ether oxygens (including phenoxy) is 1. The molecule has 6 nitrogen and oxygen atoms in total. The Labute approximate surface area is 194 Å². The predicted molar refractivity (Wildman–Crippen MR) is 120 cm³/mol. The number of aromatic nitrogens is 3. The first-order chi connectivity index (χ1) is 16.3. The van der Waals surface area contributed by atoms with E-state index in [0.717, 1.165) is 12.1 Å². The van der Waals surface area contributed by atoms with Crippen molar-refractivity contribution in [2.45, 2.75) is 6.36 Å². The van der Waals surface area contributed by atoms with Crippen LogP contribution < -0.4 is 10.3 Å². The zero-order valence-corrected chi connectivity index (χ0v) is 17.8. The van der Waals surface area contributed by atoms with Crippen molar-refractivity contribution in [1.82, 2.24) is 14.7 Å². The Hall–Kier alpha value is -4.11. The number of pyridine rings is 1. The van der Waals surface area contributed by atoms with E-state index in [2.05, 4.69) is 14.9 Å². The zero-order chi connectivity index (χ0) is 23.9. The third-order valence-electron chi connectivity index (χ3n) is 5.03. The highest BCUT2D eigenvalue weighted by molar-refractivity contribution is 6.30. The Balaban J connectivity index is 1.58. The van der Waals surface area contributed by atoms with Gasteiger partial charge in [0.25, 0.3) is 11.4 Å². The molecule has 0 amide bonds. The summed E-state index contributed by atoms with van der Waals surface area (Å²) in [6.45, 7) is 0.